The smallest absolute Gasteiger partial charge is 0.341 e. The fourth-order valence-corrected chi connectivity index (χ4v) is 3.28. The molecule has 0 bridgehead atoms. The molecule has 0 atom stereocenters. The Kier molecular flexibility index (Phi) is 7.41. The lowest BCUT2D eigenvalue weighted by atomic mass is 10.2. The minimum absolute atomic E-state index is 0.289. The molecule has 138 valence electrons. The van der Waals surface area contributed by atoms with Gasteiger partial charge in [0.25, 0.3) is 0 Å². The van der Waals surface area contributed by atoms with Crippen molar-refractivity contribution in [2.45, 2.75) is 27.2 Å². The van der Waals surface area contributed by atoms with Crippen LogP contribution >= 0.6 is 11.3 Å². The average molecular weight is 373 g/mol. The lowest BCUT2D eigenvalue weighted by molar-refractivity contribution is -0.111. The van der Waals surface area contributed by atoms with Crippen LogP contribution in [0.25, 0.3) is 6.08 Å². The van der Waals surface area contributed by atoms with Crippen LogP contribution in [0.4, 0.5) is 5.00 Å². The molecule has 1 amide bonds. The summed E-state index contributed by atoms with van der Waals surface area (Å²) in [6.07, 6.45) is 3.90. The summed E-state index contributed by atoms with van der Waals surface area (Å²) < 4.78 is 10.6. The van der Waals surface area contributed by atoms with Crippen LogP contribution in [0, 0.1) is 0 Å². The largest absolute Gasteiger partial charge is 0.493 e. The second-order valence-electron chi connectivity index (χ2n) is 5.32. The maximum Gasteiger partial charge on any atom is 0.341 e. The lowest BCUT2D eigenvalue weighted by Gasteiger charge is -2.06. The van der Waals surface area contributed by atoms with Crippen LogP contribution in [-0.2, 0) is 16.0 Å². The van der Waals surface area contributed by atoms with Crippen LogP contribution in [0.1, 0.15) is 41.6 Å². The normalized spacial score (nSPS) is 10.7. The number of carbonyl (C=O) groups is 2. The number of carbonyl (C=O) groups excluding carboxylic acids is 2. The number of para-hydroxylation sites is 1. The SMILES string of the molecule is CCOC(=O)c1cc(CC)sc1NC(=O)C=Cc1ccccc1OCC. The fraction of sp³-hybridized carbons (Fsp3) is 0.300. The monoisotopic (exact) mass is 373 g/mol. The summed E-state index contributed by atoms with van der Waals surface area (Å²) in [6, 6.07) is 9.26. The maximum absolute atomic E-state index is 12.3. The zero-order valence-electron chi connectivity index (χ0n) is 15.2. The fourth-order valence-electron chi connectivity index (χ4n) is 2.29. The van der Waals surface area contributed by atoms with Crippen molar-refractivity contribution in [2.75, 3.05) is 18.5 Å². The van der Waals surface area contributed by atoms with Crippen molar-refractivity contribution < 1.29 is 19.1 Å². The molecule has 1 aromatic carbocycles. The van der Waals surface area contributed by atoms with Gasteiger partial charge < -0.3 is 14.8 Å². The van der Waals surface area contributed by atoms with Gasteiger partial charge in [-0.1, -0.05) is 25.1 Å². The van der Waals surface area contributed by atoms with E-state index in [2.05, 4.69) is 5.32 Å². The highest BCUT2D eigenvalue weighted by Gasteiger charge is 2.18. The topological polar surface area (TPSA) is 64.6 Å². The standard InChI is InChI=1S/C20H23NO4S/c1-4-15-13-16(20(23)25-6-3)19(26-15)21-18(22)12-11-14-9-7-8-10-17(14)24-5-2/h7-13H,4-6H2,1-3H3,(H,21,22). The summed E-state index contributed by atoms with van der Waals surface area (Å²) >= 11 is 1.38. The average Bonchev–Trinajstić information content (AvgIpc) is 3.04. The first-order valence-corrected chi connectivity index (χ1v) is 9.41. The van der Waals surface area contributed by atoms with E-state index in [4.69, 9.17) is 9.47 Å². The summed E-state index contributed by atoms with van der Waals surface area (Å²) in [5, 5.41) is 3.28. The van der Waals surface area contributed by atoms with Crippen LogP contribution in [0.2, 0.25) is 0 Å². The van der Waals surface area contributed by atoms with Crippen molar-refractivity contribution in [3.8, 4) is 5.75 Å². The molecule has 5 nitrogen and oxygen atoms in total. The van der Waals surface area contributed by atoms with E-state index >= 15 is 0 Å². The molecule has 0 spiro atoms. The van der Waals surface area contributed by atoms with Crippen molar-refractivity contribution in [3.63, 3.8) is 0 Å². The molecule has 0 aliphatic rings. The number of benzene rings is 1. The molecule has 0 unspecified atom stereocenters. The van der Waals surface area contributed by atoms with Gasteiger partial charge in [0.2, 0.25) is 5.91 Å². The van der Waals surface area contributed by atoms with Crippen molar-refractivity contribution in [1.29, 1.82) is 0 Å². The summed E-state index contributed by atoms with van der Waals surface area (Å²) in [6.45, 7) is 6.50. The van der Waals surface area contributed by atoms with Gasteiger partial charge in [-0.15, -0.1) is 11.3 Å². The predicted octanol–water partition coefficient (Wildman–Crippen LogP) is 4.54. The third-order valence-corrected chi connectivity index (χ3v) is 4.69. The van der Waals surface area contributed by atoms with Gasteiger partial charge in [-0.2, -0.15) is 0 Å². The predicted molar refractivity (Wildman–Crippen MR) is 105 cm³/mol. The van der Waals surface area contributed by atoms with Crippen molar-refractivity contribution >= 4 is 34.3 Å². The molecule has 2 aromatic rings. The number of nitrogens with one attached hydrogen (secondary N) is 1. The van der Waals surface area contributed by atoms with Gasteiger partial charge in [0.15, 0.2) is 0 Å². The molecular formula is C20H23NO4S. The third kappa shape index (κ3) is 5.20. The van der Waals surface area contributed by atoms with E-state index in [0.29, 0.717) is 17.2 Å². The van der Waals surface area contributed by atoms with E-state index in [9.17, 15) is 9.59 Å². The van der Waals surface area contributed by atoms with Gasteiger partial charge in [0.1, 0.15) is 10.8 Å². The van der Waals surface area contributed by atoms with Gasteiger partial charge >= 0.3 is 5.97 Å². The minimum atomic E-state index is -0.426. The molecule has 0 radical (unpaired) electrons. The number of aryl methyl sites for hydroxylation is 1. The highest BCUT2D eigenvalue weighted by atomic mass is 32.1. The molecule has 0 saturated carbocycles. The van der Waals surface area contributed by atoms with Crippen molar-refractivity contribution in [1.82, 2.24) is 0 Å². The minimum Gasteiger partial charge on any atom is -0.493 e. The summed E-state index contributed by atoms with van der Waals surface area (Å²) in [4.78, 5) is 25.4. The van der Waals surface area contributed by atoms with Crippen molar-refractivity contribution in [2.24, 2.45) is 0 Å². The van der Waals surface area contributed by atoms with Crippen molar-refractivity contribution in [3.05, 3.63) is 52.4 Å². The van der Waals surface area contributed by atoms with Gasteiger partial charge in [-0.25, -0.2) is 4.79 Å². The Morgan fingerprint density at radius 3 is 2.62 bits per heavy atom. The first kappa shape index (κ1) is 19.7. The van der Waals surface area contributed by atoms with E-state index in [0.717, 1.165) is 22.6 Å². The van der Waals surface area contributed by atoms with E-state index in [1.807, 2.05) is 38.1 Å². The summed E-state index contributed by atoms with van der Waals surface area (Å²) in [7, 11) is 0. The van der Waals surface area contributed by atoms with Gasteiger partial charge in [0.05, 0.1) is 18.8 Å². The van der Waals surface area contributed by atoms with Crippen LogP contribution in [-0.4, -0.2) is 25.1 Å². The van der Waals surface area contributed by atoms with Crippen LogP contribution in [0.5, 0.6) is 5.75 Å². The van der Waals surface area contributed by atoms with Gasteiger partial charge in [-0.05, 0) is 38.5 Å². The molecule has 1 N–H and O–H groups in total. The van der Waals surface area contributed by atoms with Crippen LogP contribution in [0.15, 0.2) is 36.4 Å². The molecule has 0 saturated heterocycles. The Balaban J connectivity index is 2.15. The number of hydrogen-bond acceptors (Lipinski definition) is 5. The molecule has 6 heteroatoms. The van der Waals surface area contributed by atoms with E-state index in [1.54, 1.807) is 19.1 Å². The highest BCUT2D eigenvalue weighted by Crippen LogP contribution is 2.29. The lowest BCUT2D eigenvalue weighted by Crippen LogP contribution is -2.11. The summed E-state index contributed by atoms with van der Waals surface area (Å²) in [5.41, 5.74) is 1.21. The number of amides is 1. The van der Waals surface area contributed by atoms with E-state index in [1.165, 1.54) is 17.4 Å². The molecule has 26 heavy (non-hydrogen) atoms. The quantitative estimate of drug-likeness (QED) is 0.545. The molecule has 0 aliphatic heterocycles. The first-order valence-electron chi connectivity index (χ1n) is 8.59. The molecule has 1 aromatic heterocycles. The Morgan fingerprint density at radius 1 is 1.15 bits per heavy atom. The second kappa shape index (κ2) is 9.77. The molecular weight excluding hydrogens is 350 g/mol. The number of ether oxygens (including phenoxy) is 2. The third-order valence-electron chi connectivity index (χ3n) is 3.50. The van der Waals surface area contributed by atoms with E-state index in [-0.39, 0.29) is 12.5 Å². The first-order chi connectivity index (χ1) is 12.6. The molecule has 2 rings (SSSR count). The Morgan fingerprint density at radius 2 is 1.92 bits per heavy atom. The number of esters is 1. The maximum atomic E-state index is 12.3. The highest BCUT2D eigenvalue weighted by molar-refractivity contribution is 7.16. The zero-order chi connectivity index (χ0) is 18.9. The summed E-state index contributed by atoms with van der Waals surface area (Å²) in [5.74, 6) is -0.0218. The second-order valence-corrected chi connectivity index (χ2v) is 6.46. The number of rotatable bonds is 8. The Bertz CT molecular complexity index is 795. The Hall–Kier alpha value is -2.60. The van der Waals surface area contributed by atoms with Gasteiger partial charge in [-0.3, -0.25) is 4.79 Å². The van der Waals surface area contributed by atoms with E-state index < -0.39 is 5.97 Å². The molecule has 0 fully saturated rings. The van der Waals surface area contributed by atoms with Gasteiger partial charge in [0, 0.05) is 16.5 Å². The zero-order valence-corrected chi connectivity index (χ0v) is 16.0. The van der Waals surface area contributed by atoms with Crippen LogP contribution in [0.3, 0.4) is 0 Å². The molecule has 0 aliphatic carbocycles. The molecule has 1 heterocycles. The van der Waals surface area contributed by atoms with Crippen LogP contribution < -0.4 is 10.1 Å². The number of anilines is 1. The number of thiophene rings is 1. The number of hydrogen-bond donors (Lipinski definition) is 1. The Labute approximate surface area is 157 Å².